The summed E-state index contributed by atoms with van der Waals surface area (Å²) in [4.78, 5) is 23.5. The third-order valence-corrected chi connectivity index (χ3v) is 5.13. The molecule has 1 fully saturated rings. The van der Waals surface area contributed by atoms with Crippen molar-refractivity contribution in [2.75, 3.05) is 0 Å². The standard InChI is InChI=1S/C16H22N2O5S/c1-10(2)8-14(16(20)21)17-15(19)11-4-3-5-13(9-11)24(22,23)18-12-6-7-12/h3-5,9-10,12,14,18H,6-8H2,1-2H3,(H,17,19)(H,20,21)/t14-/m1/s1. The minimum Gasteiger partial charge on any atom is -0.480 e. The number of nitrogens with one attached hydrogen (secondary N) is 2. The molecule has 0 unspecified atom stereocenters. The molecule has 0 bridgehead atoms. The quantitative estimate of drug-likeness (QED) is 0.652. The highest BCUT2D eigenvalue weighted by molar-refractivity contribution is 7.89. The van der Waals surface area contributed by atoms with Crippen LogP contribution in [0, 0.1) is 5.92 Å². The summed E-state index contributed by atoms with van der Waals surface area (Å²) in [6.45, 7) is 3.72. The molecule has 1 aliphatic carbocycles. The molecule has 0 radical (unpaired) electrons. The third-order valence-electron chi connectivity index (χ3n) is 3.62. The summed E-state index contributed by atoms with van der Waals surface area (Å²) in [5.74, 6) is -1.62. The van der Waals surface area contributed by atoms with Gasteiger partial charge in [0.2, 0.25) is 10.0 Å². The van der Waals surface area contributed by atoms with Gasteiger partial charge in [-0.25, -0.2) is 17.9 Å². The van der Waals surface area contributed by atoms with Crippen molar-refractivity contribution in [1.82, 2.24) is 10.0 Å². The number of aliphatic carboxylic acids is 1. The number of benzene rings is 1. The normalized spacial score (nSPS) is 16.0. The van der Waals surface area contributed by atoms with Crippen LogP contribution in [0.5, 0.6) is 0 Å². The maximum atomic E-state index is 12.3. The Morgan fingerprint density at radius 3 is 2.50 bits per heavy atom. The fraction of sp³-hybridized carbons (Fsp3) is 0.500. The second-order valence-electron chi connectivity index (χ2n) is 6.42. The summed E-state index contributed by atoms with van der Waals surface area (Å²) in [6, 6.07) is 4.55. The van der Waals surface area contributed by atoms with Gasteiger partial charge in [0.25, 0.3) is 5.91 Å². The van der Waals surface area contributed by atoms with Gasteiger partial charge in [-0.2, -0.15) is 0 Å². The molecule has 1 atom stereocenters. The van der Waals surface area contributed by atoms with Crippen molar-refractivity contribution in [3.63, 3.8) is 0 Å². The van der Waals surface area contributed by atoms with Crippen LogP contribution in [-0.4, -0.2) is 37.5 Å². The summed E-state index contributed by atoms with van der Waals surface area (Å²) in [7, 11) is -3.66. The molecule has 0 aromatic heterocycles. The Hall–Kier alpha value is -1.93. The molecule has 7 nitrogen and oxygen atoms in total. The van der Waals surface area contributed by atoms with Crippen LogP contribution >= 0.6 is 0 Å². The van der Waals surface area contributed by atoms with E-state index in [1.165, 1.54) is 24.3 Å². The smallest absolute Gasteiger partial charge is 0.326 e. The van der Waals surface area contributed by atoms with Crippen molar-refractivity contribution in [3.8, 4) is 0 Å². The highest BCUT2D eigenvalue weighted by Crippen LogP contribution is 2.22. The molecule has 0 saturated heterocycles. The van der Waals surface area contributed by atoms with Crippen LogP contribution in [0.25, 0.3) is 0 Å². The number of hydrogen-bond donors (Lipinski definition) is 3. The zero-order valence-corrected chi connectivity index (χ0v) is 14.5. The number of carbonyl (C=O) groups is 2. The number of carboxylic acids is 1. The first-order valence-corrected chi connectivity index (χ1v) is 9.33. The number of carbonyl (C=O) groups excluding carboxylic acids is 1. The van der Waals surface area contributed by atoms with E-state index in [1.807, 2.05) is 13.8 Å². The molecule has 132 valence electrons. The second-order valence-corrected chi connectivity index (χ2v) is 8.13. The molecule has 1 amide bonds. The molecule has 1 saturated carbocycles. The van der Waals surface area contributed by atoms with Gasteiger partial charge in [0.1, 0.15) is 6.04 Å². The SMILES string of the molecule is CC(C)C[C@@H](NC(=O)c1cccc(S(=O)(=O)NC2CC2)c1)C(=O)O. The van der Waals surface area contributed by atoms with Crippen molar-refractivity contribution >= 4 is 21.9 Å². The molecule has 1 aliphatic rings. The molecule has 2 rings (SSSR count). The van der Waals surface area contributed by atoms with Crippen LogP contribution in [-0.2, 0) is 14.8 Å². The fourth-order valence-corrected chi connectivity index (χ4v) is 3.58. The van der Waals surface area contributed by atoms with Crippen LogP contribution in [0.4, 0.5) is 0 Å². The maximum Gasteiger partial charge on any atom is 0.326 e. The average molecular weight is 354 g/mol. The largest absolute Gasteiger partial charge is 0.480 e. The van der Waals surface area contributed by atoms with Gasteiger partial charge < -0.3 is 10.4 Å². The third kappa shape index (κ3) is 5.04. The van der Waals surface area contributed by atoms with E-state index in [0.717, 1.165) is 12.8 Å². The molecular weight excluding hydrogens is 332 g/mol. The number of rotatable bonds is 8. The zero-order chi connectivity index (χ0) is 17.9. The van der Waals surface area contributed by atoms with Gasteiger partial charge in [-0.1, -0.05) is 19.9 Å². The first kappa shape index (κ1) is 18.4. The molecule has 1 aromatic carbocycles. The van der Waals surface area contributed by atoms with E-state index in [0.29, 0.717) is 6.42 Å². The lowest BCUT2D eigenvalue weighted by atomic mass is 10.0. The predicted octanol–water partition coefficient (Wildman–Crippen LogP) is 1.36. The Kier molecular flexibility index (Phi) is 5.61. The van der Waals surface area contributed by atoms with Crippen molar-refractivity contribution in [2.24, 2.45) is 5.92 Å². The first-order chi connectivity index (χ1) is 11.2. The second kappa shape index (κ2) is 7.31. The predicted molar refractivity (Wildman–Crippen MR) is 88.1 cm³/mol. The molecule has 0 spiro atoms. The Labute approximate surface area is 141 Å². The minimum absolute atomic E-state index is 0.00205. The summed E-state index contributed by atoms with van der Waals surface area (Å²) < 4.78 is 26.9. The molecule has 24 heavy (non-hydrogen) atoms. The number of amides is 1. The lowest BCUT2D eigenvalue weighted by Crippen LogP contribution is -2.41. The van der Waals surface area contributed by atoms with Gasteiger partial charge >= 0.3 is 5.97 Å². The summed E-state index contributed by atoms with van der Waals surface area (Å²) in [5, 5.41) is 11.6. The fourth-order valence-electron chi connectivity index (χ4n) is 2.23. The summed E-state index contributed by atoms with van der Waals surface area (Å²) in [5.41, 5.74) is 0.115. The topological polar surface area (TPSA) is 113 Å². The van der Waals surface area contributed by atoms with Crippen molar-refractivity contribution < 1.29 is 23.1 Å². The minimum atomic E-state index is -3.66. The van der Waals surface area contributed by atoms with Crippen LogP contribution in [0.1, 0.15) is 43.5 Å². The number of sulfonamides is 1. The van der Waals surface area contributed by atoms with Gasteiger partial charge in [0.15, 0.2) is 0 Å². The maximum absolute atomic E-state index is 12.3. The molecular formula is C16H22N2O5S. The monoisotopic (exact) mass is 354 g/mol. The van der Waals surface area contributed by atoms with Crippen LogP contribution in [0.2, 0.25) is 0 Å². The van der Waals surface area contributed by atoms with Crippen LogP contribution in [0.15, 0.2) is 29.2 Å². The Bertz CT molecular complexity index is 726. The van der Waals surface area contributed by atoms with E-state index in [2.05, 4.69) is 10.0 Å². The molecule has 8 heteroatoms. The molecule has 1 aromatic rings. The van der Waals surface area contributed by atoms with Crippen molar-refractivity contribution in [3.05, 3.63) is 29.8 Å². The van der Waals surface area contributed by atoms with Crippen molar-refractivity contribution in [1.29, 1.82) is 0 Å². The first-order valence-electron chi connectivity index (χ1n) is 7.85. The van der Waals surface area contributed by atoms with Gasteiger partial charge in [-0.05, 0) is 43.4 Å². The van der Waals surface area contributed by atoms with Crippen LogP contribution < -0.4 is 10.0 Å². The van der Waals surface area contributed by atoms with Gasteiger partial charge in [0, 0.05) is 11.6 Å². The average Bonchev–Trinajstić information content (AvgIpc) is 3.29. The van der Waals surface area contributed by atoms with Gasteiger partial charge in [0.05, 0.1) is 4.90 Å². The highest BCUT2D eigenvalue weighted by Gasteiger charge is 2.28. The summed E-state index contributed by atoms with van der Waals surface area (Å²) >= 11 is 0. The molecule has 0 heterocycles. The van der Waals surface area contributed by atoms with Crippen LogP contribution in [0.3, 0.4) is 0 Å². The lowest BCUT2D eigenvalue weighted by molar-refractivity contribution is -0.139. The summed E-state index contributed by atoms with van der Waals surface area (Å²) in [6.07, 6.45) is 1.92. The van der Waals surface area contributed by atoms with E-state index >= 15 is 0 Å². The number of carboxylic acid groups (broad SMARTS) is 1. The van der Waals surface area contributed by atoms with E-state index in [-0.39, 0.29) is 22.4 Å². The van der Waals surface area contributed by atoms with E-state index in [1.54, 1.807) is 0 Å². The zero-order valence-electron chi connectivity index (χ0n) is 13.7. The van der Waals surface area contributed by atoms with E-state index < -0.39 is 27.9 Å². The Morgan fingerprint density at radius 2 is 1.96 bits per heavy atom. The lowest BCUT2D eigenvalue weighted by Gasteiger charge is -2.16. The van der Waals surface area contributed by atoms with Gasteiger partial charge in [-0.15, -0.1) is 0 Å². The number of hydrogen-bond acceptors (Lipinski definition) is 4. The van der Waals surface area contributed by atoms with Gasteiger partial charge in [-0.3, -0.25) is 4.79 Å². The highest BCUT2D eigenvalue weighted by atomic mass is 32.2. The van der Waals surface area contributed by atoms with Crippen molar-refractivity contribution in [2.45, 2.75) is 50.1 Å². The van der Waals surface area contributed by atoms with E-state index in [9.17, 15) is 23.1 Å². The van der Waals surface area contributed by atoms with E-state index in [4.69, 9.17) is 0 Å². The molecule has 3 N–H and O–H groups in total. The molecule has 0 aliphatic heterocycles. The Balaban J connectivity index is 2.14. The Morgan fingerprint density at radius 1 is 1.29 bits per heavy atom.